The molecule has 0 aliphatic heterocycles. The minimum absolute atomic E-state index is 0.326. The Morgan fingerprint density at radius 1 is 0.964 bits per heavy atom. The van der Waals surface area contributed by atoms with Crippen LogP contribution >= 0.6 is 0 Å². The second-order valence-corrected chi connectivity index (χ2v) is 6.27. The molecule has 0 saturated heterocycles. The number of benzene rings is 3. The van der Waals surface area contributed by atoms with E-state index in [1.165, 1.54) is 12.1 Å². The zero-order valence-electron chi connectivity index (χ0n) is 15.1. The van der Waals surface area contributed by atoms with E-state index in [0.29, 0.717) is 28.2 Å². The van der Waals surface area contributed by atoms with E-state index in [1.54, 1.807) is 25.3 Å². The van der Waals surface area contributed by atoms with E-state index < -0.39 is 5.82 Å². The van der Waals surface area contributed by atoms with Gasteiger partial charge in [0.25, 0.3) is 5.91 Å². The van der Waals surface area contributed by atoms with Crippen LogP contribution in [0.4, 0.5) is 10.1 Å². The van der Waals surface area contributed by atoms with Crippen molar-refractivity contribution in [2.45, 2.75) is 0 Å². The molecule has 0 bridgehead atoms. The highest BCUT2D eigenvalue weighted by Gasteiger charge is 2.14. The third-order valence-electron chi connectivity index (χ3n) is 4.41. The van der Waals surface area contributed by atoms with Crippen LogP contribution in [0.1, 0.15) is 10.4 Å². The highest BCUT2D eigenvalue weighted by atomic mass is 19.1. The highest BCUT2D eigenvalue weighted by Crippen LogP contribution is 2.27. The van der Waals surface area contributed by atoms with Gasteiger partial charge in [0.1, 0.15) is 11.6 Å². The number of hydrogen-bond donors (Lipinski definition) is 1. The van der Waals surface area contributed by atoms with E-state index in [9.17, 15) is 9.18 Å². The van der Waals surface area contributed by atoms with Crippen LogP contribution in [0.25, 0.3) is 22.2 Å². The molecule has 1 amide bonds. The van der Waals surface area contributed by atoms with Crippen LogP contribution in [0, 0.1) is 5.82 Å². The molecule has 1 aromatic heterocycles. The molecular weight excluding hydrogens is 355 g/mol. The molecule has 0 spiro atoms. The molecule has 4 nitrogen and oxygen atoms in total. The summed E-state index contributed by atoms with van der Waals surface area (Å²) in [6.45, 7) is 0. The highest BCUT2D eigenvalue weighted by molar-refractivity contribution is 6.13. The first-order chi connectivity index (χ1) is 13.6. The molecule has 28 heavy (non-hydrogen) atoms. The number of ether oxygens (including phenoxy) is 1. The summed E-state index contributed by atoms with van der Waals surface area (Å²) in [4.78, 5) is 17.6. The Morgan fingerprint density at radius 3 is 2.61 bits per heavy atom. The third-order valence-corrected chi connectivity index (χ3v) is 4.41. The van der Waals surface area contributed by atoms with E-state index in [0.717, 1.165) is 10.9 Å². The number of hydrogen-bond acceptors (Lipinski definition) is 3. The molecule has 0 fully saturated rings. The van der Waals surface area contributed by atoms with Crippen molar-refractivity contribution in [2.24, 2.45) is 0 Å². The first-order valence-electron chi connectivity index (χ1n) is 8.75. The fourth-order valence-electron chi connectivity index (χ4n) is 3.06. The fourth-order valence-corrected chi connectivity index (χ4v) is 3.06. The van der Waals surface area contributed by atoms with Gasteiger partial charge < -0.3 is 10.1 Å². The number of pyridine rings is 1. The summed E-state index contributed by atoms with van der Waals surface area (Å²) in [5.41, 5.74) is 3.06. The van der Waals surface area contributed by atoms with E-state index in [-0.39, 0.29) is 5.91 Å². The van der Waals surface area contributed by atoms with E-state index in [4.69, 9.17) is 4.74 Å². The average molecular weight is 372 g/mol. The summed E-state index contributed by atoms with van der Waals surface area (Å²) in [5.74, 6) is -0.0268. The van der Waals surface area contributed by atoms with Crippen LogP contribution in [0.2, 0.25) is 0 Å². The number of nitrogens with one attached hydrogen (secondary N) is 1. The predicted molar refractivity (Wildman–Crippen MR) is 108 cm³/mol. The number of amides is 1. The summed E-state index contributed by atoms with van der Waals surface area (Å²) in [7, 11) is 1.60. The topological polar surface area (TPSA) is 51.2 Å². The number of halogens is 1. The average Bonchev–Trinajstić information content (AvgIpc) is 2.73. The minimum atomic E-state index is -0.408. The standard InChI is InChI=1S/C23H17FN2O2/c1-28-18-9-4-6-15(12-18)22-14-20(19-10-2-3-11-21(19)26-22)23(27)25-17-8-5-7-16(24)13-17/h2-14H,1H3,(H,25,27). The van der Waals surface area contributed by atoms with Crippen LogP contribution in [0.15, 0.2) is 78.9 Å². The summed E-state index contributed by atoms with van der Waals surface area (Å²) >= 11 is 0. The molecule has 4 aromatic rings. The van der Waals surface area contributed by atoms with Gasteiger partial charge in [0.15, 0.2) is 0 Å². The van der Waals surface area contributed by atoms with Gasteiger partial charge >= 0.3 is 0 Å². The third kappa shape index (κ3) is 3.55. The number of para-hydroxylation sites is 1. The molecule has 5 heteroatoms. The summed E-state index contributed by atoms with van der Waals surface area (Å²) in [6, 6.07) is 22.5. The Bertz CT molecular complexity index is 1170. The monoisotopic (exact) mass is 372 g/mol. The van der Waals surface area contributed by atoms with Gasteiger partial charge in [-0.3, -0.25) is 4.79 Å². The smallest absolute Gasteiger partial charge is 0.256 e. The molecule has 138 valence electrons. The van der Waals surface area contributed by atoms with E-state index >= 15 is 0 Å². The zero-order chi connectivity index (χ0) is 19.5. The van der Waals surface area contributed by atoms with Gasteiger partial charge in [-0.2, -0.15) is 0 Å². The summed E-state index contributed by atoms with van der Waals surface area (Å²) < 4.78 is 18.7. The molecule has 4 rings (SSSR count). The quantitative estimate of drug-likeness (QED) is 0.529. The predicted octanol–water partition coefficient (Wildman–Crippen LogP) is 5.30. The van der Waals surface area contributed by atoms with Crippen molar-refractivity contribution in [2.75, 3.05) is 12.4 Å². The van der Waals surface area contributed by atoms with Crippen LogP contribution in [-0.4, -0.2) is 18.0 Å². The Kier molecular flexibility index (Phi) is 4.72. The van der Waals surface area contributed by atoms with Crippen molar-refractivity contribution in [3.63, 3.8) is 0 Å². The molecule has 1 heterocycles. The van der Waals surface area contributed by atoms with Crippen LogP contribution < -0.4 is 10.1 Å². The number of carbonyl (C=O) groups excluding carboxylic acids is 1. The van der Waals surface area contributed by atoms with Gasteiger partial charge in [-0.15, -0.1) is 0 Å². The lowest BCUT2D eigenvalue weighted by atomic mass is 10.0. The summed E-state index contributed by atoms with van der Waals surface area (Å²) in [6.07, 6.45) is 0. The lowest BCUT2D eigenvalue weighted by Gasteiger charge is -2.11. The van der Waals surface area contributed by atoms with Crippen molar-refractivity contribution in [1.82, 2.24) is 4.98 Å². The minimum Gasteiger partial charge on any atom is -0.497 e. The van der Waals surface area contributed by atoms with Gasteiger partial charge in [0, 0.05) is 16.6 Å². The van der Waals surface area contributed by atoms with Crippen molar-refractivity contribution < 1.29 is 13.9 Å². The van der Waals surface area contributed by atoms with Crippen molar-refractivity contribution in [3.05, 3.63) is 90.2 Å². The Hall–Kier alpha value is -3.73. The molecule has 0 atom stereocenters. The normalized spacial score (nSPS) is 10.6. The van der Waals surface area contributed by atoms with Gasteiger partial charge in [0.2, 0.25) is 0 Å². The van der Waals surface area contributed by atoms with Gasteiger partial charge in [0.05, 0.1) is 23.9 Å². The molecule has 3 aromatic carbocycles. The maximum atomic E-state index is 13.5. The SMILES string of the molecule is COc1cccc(-c2cc(C(=O)Nc3cccc(F)c3)c3ccccc3n2)c1. The van der Waals surface area contributed by atoms with Crippen LogP contribution in [0.3, 0.4) is 0 Å². The Labute approximate surface area is 161 Å². The van der Waals surface area contributed by atoms with Crippen LogP contribution in [0.5, 0.6) is 5.75 Å². The summed E-state index contributed by atoms with van der Waals surface area (Å²) in [5, 5.41) is 3.49. The zero-order valence-corrected chi connectivity index (χ0v) is 15.1. The lowest BCUT2D eigenvalue weighted by molar-refractivity contribution is 0.102. The maximum absolute atomic E-state index is 13.5. The van der Waals surface area contributed by atoms with Gasteiger partial charge in [-0.1, -0.05) is 36.4 Å². The first kappa shape index (κ1) is 17.7. The number of anilines is 1. The van der Waals surface area contributed by atoms with Gasteiger partial charge in [-0.05, 0) is 42.5 Å². The van der Waals surface area contributed by atoms with E-state index in [2.05, 4.69) is 10.3 Å². The number of rotatable bonds is 4. The largest absolute Gasteiger partial charge is 0.497 e. The van der Waals surface area contributed by atoms with Crippen molar-refractivity contribution >= 4 is 22.5 Å². The number of fused-ring (bicyclic) bond motifs is 1. The first-order valence-corrected chi connectivity index (χ1v) is 8.75. The molecule has 0 aliphatic carbocycles. The molecule has 1 N–H and O–H groups in total. The number of aromatic nitrogens is 1. The molecular formula is C23H17FN2O2. The number of methoxy groups -OCH3 is 1. The molecule has 0 unspecified atom stereocenters. The number of nitrogens with zero attached hydrogens (tertiary/aromatic N) is 1. The lowest BCUT2D eigenvalue weighted by Crippen LogP contribution is -2.13. The molecule has 0 aliphatic rings. The molecule has 0 radical (unpaired) electrons. The second-order valence-electron chi connectivity index (χ2n) is 6.27. The van der Waals surface area contributed by atoms with Crippen molar-refractivity contribution in [3.8, 4) is 17.0 Å². The fraction of sp³-hybridized carbons (Fsp3) is 0.0435. The Morgan fingerprint density at radius 2 is 1.79 bits per heavy atom. The van der Waals surface area contributed by atoms with Crippen LogP contribution in [-0.2, 0) is 0 Å². The number of carbonyl (C=O) groups is 1. The van der Waals surface area contributed by atoms with Crippen molar-refractivity contribution in [1.29, 1.82) is 0 Å². The molecule has 0 saturated carbocycles. The Balaban J connectivity index is 1.81. The second kappa shape index (κ2) is 7.48. The van der Waals surface area contributed by atoms with E-state index in [1.807, 2.05) is 48.5 Å². The maximum Gasteiger partial charge on any atom is 0.256 e. The van der Waals surface area contributed by atoms with Gasteiger partial charge in [-0.25, -0.2) is 9.37 Å².